The van der Waals surface area contributed by atoms with E-state index in [-0.39, 0.29) is 6.61 Å². The lowest BCUT2D eigenvalue weighted by molar-refractivity contribution is 0.150. The average molecular weight is 297 g/mol. The Hall–Kier alpha value is -0.560. The van der Waals surface area contributed by atoms with Crippen LogP contribution in [0.2, 0.25) is 0 Å². The molecule has 0 fully saturated rings. The molecule has 0 heterocycles. The Labute approximate surface area is 131 Å². The standard InChI is InChI=1S/C18H35NO2/c1-2-3-4-5-6-7-8-9-10-11-12-13-14-15-18(21)17(19)16-20/h17-18,20-21H,2-13,16,19H2,1H3. The Kier molecular flexibility index (Phi) is 15.4. The van der Waals surface area contributed by atoms with Crippen molar-refractivity contribution in [3.05, 3.63) is 0 Å². The van der Waals surface area contributed by atoms with Crippen LogP contribution in [0, 0.1) is 11.8 Å². The largest absolute Gasteiger partial charge is 0.395 e. The van der Waals surface area contributed by atoms with Crippen molar-refractivity contribution in [2.24, 2.45) is 5.73 Å². The van der Waals surface area contributed by atoms with E-state index in [0.29, 0.717) is 0 Å². The Balaban J connectivity index is 3.24. The highest BCUT2D eigenvalue weighted by molar-refractivity contribution is 5.07. The van der Waals surface area contributed by atoms with Gasteiger partial charge in [-0.2, -0.15) is 0 Å². The minimum Gasteiger partial charge on any atom is -0.395 e. The molecule has 0 saturated heterocycles. The first kappa shape index (κ1) is 20.4. The summed E-state index contributed by atoms with van der Waals surface area (Å²) in [6, 6.07) is -0.644. The summed E-state index contributed by atoms with van der Waals surface area (Å²) in [4.78, 5) is 0. The smallest absolute Gasteiger partial charge is 0.131 e. The summed E-state index contributed by atoms with van der Waals surface area (Å²) in [7, 11) is 0. The number of aliphatic hydroxyl groups is 2. The molecule has 0 aromatic carbocycles. The van der Waals surface area contributed by atoms with Gasteiger partial charge in [0.1, 0.15) is 6.10 Å². The topological polar surface area (TPSA) is 66.5 Å². The van der Waals surface area contributed by atoms with E-state index in [1.54, 1.807) is 0 Å². The summed E-state index contributed by atoms with van der Waals surface area (Å²) in [6.45, 7) is 2.03. The normalized spacial score (nSPS) is 13.5. The molecule has 0 aliphatic carbocycles. The summed E-state index contributed by atoms with van der Waals surface area (Å²) in [5, 5.41) is 18.2. The summed E-state index contributed by atoms with van der Waals surface area (Å²) in [5.74, 6) is 5.63. The highest BCUT2D eigenvalue weighted by Gasteiger charge is 2.09. The first-order chi connectivity index (χ1) is 10.2. The molecular weight excluding hydrogens is 262 g/mol. The maximum absolute atomic E-state index is 9.44. The van der Waals surface area contributed by atoms with Gasteiger partial charge in [0.25, 0.3) is 0 Å². The van der Waals surface area contributed by atoms with Gasteiger partial charge in [0.05, 0.1) is 12.6 Å². The fourth-order valence-electron chi connectivity index (χ4n) is 2.26. The van der Waals surface area contributed by atoms with E-state index < -0.39 is 12.1 Å². The summed E-state index contributed by atoms with van der Waals surface area (Å²) in [5.41, 5.74) is 5.46. The van der Waals surface area contributed by atoms with Crippen LogP contribution in [0.15, 0.2) is 0 Å². The quantitative estimate of drug-likeness (QED) is 0.361. The third kappa shape index (κ3) is 14.2. The zero-order valence-corrected chi connectivity index (χ0v) is 13.8. The van der Waals surface area contributed by atoms with Crippen LogP contribution in [-0.2, 0) is 0 Å². The lowest BCUT2D eigenvalue weighted by Gasteiger charge is -2.09. The van der Waals surface area contributed by atoms with Gasteiger partial charge in [0, 0.05) is 6.42 Å². The van der Waals surface area contributed by atoms with E-state index in [9.17, 15) is 5.11 Å². The second-order valence-corrected chi connectivity index (χ2v) is 5.90. The number of aliphatic hydroxyl groups excluding tert-OH is 2. The zero-order valence-electron chi connectivity index (χ0n) is 13.8. The number of nitrogens with two attached hydrogens (primary N) is 1. The molecule has 124 valence electrons. The molecule has 0 aliphatic heterocycles. The van der Waals surface area contributed by atoms with Crippen LogP contribution in [0.3, 0.4) is 0 Å². The summed E-state index contributed by atoms with van der Waals surface area (Å²) in [6.07, 6.45) is 14.5. The molecule has 0 rings (SSSR count). The van der Waals surface area contributed by atoms with E-state index in [1.807, 2.05) is 0 Å². The van der Waals surface area contributed by atoms with Gasteiger partial charge in [0.15, 0.2) is 0 Å². The molecule has 3 nitrogen and oxygen atoms in total. The van der Waals surface area contributed by atoms with Crippen molar-refractivity contribution in [2.75, 3.05) is 6.61 Å². The minimum absolute atomic E-state index is 0.228. The van der Waals surface area contributed by atoms with Crippen LogP contribution in [0.4, 0.5) is 0 Å². The van der Waals surface area contributed by atoms with Crippen molar-refractivity contribution < 1.29 is 10.2 Å². The molecule has 0 aromatic heterocycles. The van der Waals surface area contributed by atoms with Gasteiger partial charge in [-0.3, -0.25) is 0 Å². The molecule has 0 bridgehead atoms. The van der Waals surface area contributed by atoms with E-state index in [4.69, 9.17) is 10.8 Å². The van der Waals surface area contributed by atoms with Gasteiger partial charge >= 0.3 is 0 Å². The molecule has 4 N–H and O–H groups in total. The van der Waals surface area contributed by atoms with Crippen LogP contribution < -0.4 is 5.73 Å². The fourth-order valence-corrected chi connectivity index (χ4v) is 2.26. The van der Waals surface area contributed by atoms with Crippen LogP contribution >= 0.6 is 0 Å². The molecule has 0 aliphatic rings. The average Bonchev–Trinajstić information content (AvgIpc) is 2.50. The van der Waals surface area contributed by atoms with Crippen LogP contribution in [0.1, 0.15) is 84.0 Å². The summed E-state index contributed by atoms with van der Waals surface area (Å²) >= 11 is 0. The van der Waals surface area contributed by atoms with Gasteiger partial charge in [-0.25, -0.2) is 0 Å². The third-order valence-electron chi connectivity index (χ3n) is 3.77. The first-order valence-corrected chi connectivity index (χ1v) is 8.75. The number of rotatable bonds is 13. The van der Waals surface area contributed by atoms with Crippen LogP contribution in [-0.4, -0.2) is 29.0 Å². The van der Waals surface area contributed by atoms with Crippen molar-refractivity contribution in [1.82, 2.24) is 0 Å². The molecular formula is C18H35NO2. The van der Waals surface area contributed by atoms with Crippen LogP contribution in [0.5, 0.6) is 0 Å². The van der Waals surface area contributed by atoms with Gasteiger partial charge in [0.2, 0.25) is 0 Å². The van der Waals surface area contributed by atoms with Gasteiger partial charge in [-0.1, -0.05) is 77.1 Å². The molecule has 2 atom stereocenters. The van der Waals surface area contributed by atoms with Gasteiger partial charge in [-0.05, 0) is 6.42 Å². The predicted molar refractivity (Wildman–Crippen MR) is 89.9 cm³/mol. The Morgan fingerprint density at radius 2 is 1.33 bits per heavy atom. The maximum atomic E-state index is 9.44. The molecule has 0 amide bonds. The van der Waals surface area contributed by atoms with Crippen LogP contribution in [0.25, 0.3) is 0 Å². The highest BCUT2D eigenvalue weighted by Crippen LogP contribution is 2.11. The molecule has 2 unspecified atom stereocenters. The highest BCUT2D eigenvalue weighted by atomic mass is 16.3. The van der Waals surface area contributed by atoms with E-state index >= 15 is 0 Å². The number of hydrogen-bond donors (Lipinski definition) is 3. The van der Waals surface area contributed by atoms with E-state index in [2.05, 4.69) is 18.8 Å². The Bertz CT molecular complexity index is 270. The fraction of sp³-hybridized carbons (Fsp3) is 0.889. The molecule has 21 heavy (non-hydrogen) atoms. The lowest BCUT2D eigenvalue weighted by Crippen LogP contribution is -2.36. The van der Waals surface area contributed by atoms with Crippen molar-refractivity contribution in [3.63, 3.8) is 0 Å². The first-order valence-electron chi connectivity index (χ1n) is 8.75. The molecule has 0 spiro atoms. The molecule has 3 heteroatoms. The van der Waals surface area contributed by atoms with Gasteiger partial charge < -0.3 is 15.9 Å². The van der Waals surface area contributed by atoms with Crippen molar-refractivity contribution in [3.8, 4) is 11.8 Å². The van der Waals surface area contributed by atoms with Crippen molar-refractivity contribution >= 4 is 0 Å². The molecule has 0 saturated carbocycles. The van der Waals surface area contributed by atoms with E-state index in [0.717, 1.165) is 12.8 Å². The lowest BCUT2D eigenvalue weighted by atomic mass is 10.1. The maximum Gasteiger partial charge on any atom is 0.131 e. The number of hydrogen-bond acceptors (Lipinski definition) is 3. The second kappa shape index (κ2) is 15.8. The second-order valence-electron chi connectivity index (χ2n) is 5.90. The Morgan fingerprint density at radius 3 is 1.81 bits per heavy atom. The molecule has 0 radical (unpaired) electrons. The Morgan fingerprint density at radius 1 is 0.857 bits per heavy atom. The monoisotopic (exact) mass is 297 g/mol. The van der Waals surface area contributed by atoms with Crippen molar-refractivity contribution in [1.29, 1.82) is 0 Å². The minimum atomic E-state index is -0.900. The third-order valence-corrected chi connectivity index (χ3v) is 3.77. The zero-order chi connectivity index (χ0) is 15.8. The van der Waals surface area contributed by atoms with Gasteiger partial charge in [-0.15, -0.1) is 5.92 Å². The van der Waals surface area contributed by atoms with Crippen molar-refractivity contribution in [2.45, 2.75) is 96.1 Å². The predicted octanol–water partition coefficient (Wildman–Crippen LogP) is 3.37. The number of unbranched alkanes of at least 4 members (excludes halogenated alkanes) is 11. The van der Waals surface area contributed by atoms with E-state index in [1.165, 1.54) is 64.2 Å². The molecule has 0 aromatic rings. The summed E-state index contributed by atoms with van der Waals surface area (Å²) < 4.78 is 0. The SMILES string of the molecule is CCCCCCCCCCCCCC#CC(O)C(N)CO.